The van der Waals surface area contributed by atoms with Crippen molar-refractivity contribution in [3.05, 3.63) is 23.8 Å². The second-order valence-electron chi connectivity index (χ2n) is 4.77. The summed E-state index contributed by atoms with van der Waals surface area (Å²) >= 11 is 1.25. The monoisotopic (exact) mass is 337 g/mol. The fraction of sp³-hybridized carbons (Fsp3) is 0.375. The number of carbonyl (C=O) groups excluding carboxylic acids is 2. The van der Waals surface area contributed by atoms with Gasteiger partial charge in [-0.05, 0) is 24.6 Å². The lowest BCUT2D eigenvalue weighted by Crippen LogP contribution is -2.35. The van der Waals surface area contributed by atoms with E-state index >= 15 is 0 Å². The Morgan fingerprint density at radius 2 is 1.96 bits per heavy atom. The summed E-state index contributed by atoms with van der Waals surface area (Å²) in [7, 11) is 4.57. The normalized spacial score (nSPS) is 17.3. The lowest BCUT2D eigenvalue weighted by Gasteiger charge is -2.14. The van der Waals surface area contributed by atoms with Gasteiger partial charge in [0.15, 0.2) is 11.5 Å². The smallest absolute Gasteiger partial charge is 0.244 e. The Hall–Kier alpha value is -2.15. The topological polar surface area (TPSA) is 73.9 Å². The summed E-state index contributed by atoms with van der Waals surface area (Å²) in [5.41, 5.74) is 0.674. The van der Waals surface area contributed by atoms with Crippen molar-refractivity contribution in [2.45, 2.75) is 12.5 Å². The van der Waals surface area contributed by atoms with Crippen molar-refractivity contribution >= 4 is 28.9 Å². The Bertz CT molecular complexity index is 629. The molecule has 0 aliphatic carbocycles. The zero-order valence-corrected chi connectivity index (χ0v) is 14.1. The number of carbonyl (C=O) groups is 2. The molecule has 0 aromatic heterocycles. The molecule has 0 bridgehead atoms. The quantitative estimate of drug-likeness (QED) is 0.799. The molecular formula is C16H19NO5S. The summed E-state index contributed by atoms with van der Waals surface area (Å²) in [6.07, 6.45) is 3.66. The molecule has 1 aromatic carbocycles. The molecule has 1 N–H and O–H groups in total. The molecule has 1 amide bonds. The van der Waals surface area contributed by atoms with Crippen LogP contribution in [0.2, 0.25) is 0 Å². The van der Waals surface area contributed by atoms with Crippen molar-refractivity contribution in [1.29, 1.82) is 0 Å². The zero-order chi connectivity index (χ0) is 16.8. The number of thioether (sulfide) groups is 1. The number of nitrogens with one attached hydrogen (secondary N) is 1. The van der Waals surface area contributed by atoms with Gasteiger partial charge >= 0.3 is 0 Å². The number of ether oxygens (including phenoxy) is 3. The van der Waals surface area contributed by atoms with Crippen molar-refractivity contribution < 1.29 is 23.8 Å². The molecule has 1 aromatic rings. The summed E-state index contributed by atoms with van der Waals surface area (Å²) in [6, 6.07) is 3.10. The Morgan fingerprint density at radius 1 is 1.22 bits per heavy atom. The first kappa shape index (κ1) is 17.2. The van der Waals surface area contributed by atoms with Gasteiger partial charge < -0.3 is 19.5 Å². The number of hydrogen-bond donors (Lipinski definition) is 1. The number of rotatable bonds is 6. The van der Waals surface area contributed by atoms with E-state index in [1.807, 2.05) is 0 Å². The Balaban J connectivity index is 2.15. The molecule has 2 rings (SSSR count). The average molecular weight is 337 g/mol. The maximum absolute atomic E-state index is 11.9. The first-order valence-corrected chi connectivity index (χ1v) is 8.03. The third kappa shape index (κ3) is 3.98. The van der Waals surface area contributed by atoms with Crippen LogP contribution in [0.3, 0.4) is 0 Å². The van der Waals surface area contributed by atoms with Crippen LogP contribution in [0.1, 0.15) is 12.0 Å². The molecule has 0 spiro atoms. The van der Waals surface area contributed by atoms with Gasteiger partial charge in [-0.25, -0.2) is 0 Å². The summed E-state index contributed by atoms with van der Waals surface area (Å²) in [5, 5.41) is 2.70. The predicted molar refractivity (Wildman–Crippen MR) is 89.1 cm³/mol. The largest absolute Gasteiger partial charge is 0.493 e. The highest BCUT2D eigenvalue weighted by Crippen LogP contribution is 2.40. The lowest BCUT2D eigenvalue weighted by atomic mass is 10.1. The number of amides is 1. The van der Waals surface area contributed by atoms with Crippen LogP contribution in [0.5, 0.6) is 17.2 Å². The maximum atomic E-state index is 11.9. The van der Waals surface area contributed by atoms with E-state index in [2.05, 4.69) is 5.32 Å². The van der Waals surface area contributed by atoms with Crippen LogP contribution in [0.25, 0.3) is 6.08 Å². The molecule has 0 radical (unpaired) electrons. The Kier molecular flexibility index (Phi) is 5.92. The van der Waals surface area contributed by atoms with Crippen LogP contribution in [0.4, 0.5) is 0 Å². The van der Waals surface area contributed by atoms with Crippen molar-refractivity contribution in [2.75, 3.05) is 27.1 Å². The second-order valence-corrected chi connectivity index (χ2v) is 5.87. The molecule has 23 heavy (non-hydrogen) atoms. The van der Waals surface area contributed by atoms with E-state index in [1.165, 1.54) is 39.2 Å². The van der Waals surface area contributed by atoms with Crippen LogP contribution in [-0.2, 0) is 9.59 Å². The highest BCUT2D eigenvalue weighted by molar-refractivity contribution is 8.14. The van der Waals surface area contributed by atoms with Crippen molar-refractivity contribution in [3.63, 3.8) is 0 Å². The molecule has 7 heteroatoms. The van der Waals surface area contributed by atoms with Crippen LogP contribution in [-0.4, -0.2) is 44.1 Å². The summed E-state index contributed by atoms with van der Waals surface area (Å²) < 4.78 is 15.9. The number of hydrogen-bond acceptors (Lipinski definition) is 6. The minimum atomic E-state index is -0.399. The Morgan fingerprint density at radius 3 is 2.52 bits per heavy atom. The number of methoxy groups -OCH3 is 3. The molecule has 1 fully saturated rings. The highest BCUT2D eigenvalue weighted by atomic mass is 32.2. The van der Waals surface area contributed by atoms with Crippen LogP contribution >= 0.6 is 11.8 Å². The van der Waals surface area contributed by atoms with Gasteiger partial charge in [-0.3, -0.25) is 9.59 Å². The summed E-state index contributed by atoms with van der Waals surface area (Å²) in [5.74, 6) is 1.90. The van der Waals surface area contributed by atoms with Gasteiger partial charge in [-0.2, -0.15) is 0 Å². The van der Waals surface area contributed by atoms with Crippen molar-refractivity contribution in [2.24, 2.45) is 0 Å². The molecular weight excluding hydrogens is 318 g/mol. The third-order valence-electron chi connectivity index (χ3n) is 3.40. The minimum Gasteiger partial charge on any atom is -0.493 e. The van der Waals surface area contributed by atoms with E-state index in [0.717, 1.165) is 5.75 Å². The fourth-order valence-corrected chi connectivity index (χ4v) is 3.20. The van der Waals surface area contributed by atoms with Crippen LogP contribution in [0, 0.1) is 0 Å². The zero-order valence-electron chi connectivity index (χ0n) is 13.3. The standard InChI is InChI=1S/C16H19NO5S/c1-20-12-6-4-10(14(21-2)15(12)22-3)5-7-13(18)17-11-8-9-23-16(11)19/h4-7,11H,8-9H2,1-3H3,(H,17,18). The molecule has 1 atom stereocenters. The van der Waals surface area contributed by atoms with Crippen LogP contribution < -0.4 is 19.5 Å². The summed E-state index contributed by atoms with van der Waals surface area (Å²) in [4.78, 5) is 23.5. The first-order valence-electron chi connectivity index (χ1n) is 7.05. The van der Waals surface area contributed by atoms with E-state index in [1.54, 1.807) is 18.2 Å². The molecule has 1 aliphatic heterocycles. The van der Waals surface area contributed by atoms with Gasteiger partial charge in [0.25, 0.3) is 0 Å². The van der Waals surface area contributed by atoms with E-state index in [0.29, 0.717) is 29.2 Å². The van der Waals surface area contributed by atoms with E-state index in [4.69, 9.17) is 14.2 Å². The third-order valence-corrected chi connectivity index (χ3v) is 4.41. The predicted octanol–water partition coefficient (Wildman–Crippen LogP) is 1.87. The molecule has 6 nitrogen and oxygen atoms in total. The fourth-order valence-electron chi connectivity index (χ4n) is 2.27. The van der Waals surface area contributed by atoms with Gasteiger partial charge in [0.1, 0.15) is 0 Å². The molecule has 1 heterocycles. The van der Waals surface area contributed by atoms with E-state index < -0.39 is 6.04 Å². The average Bonchev–Trinajstić information content (AvgIpc) is 2.96. The molecule has 1 unspecified atom stereocenters. The highest BCUT2D eigenvalue weighted by Gasteiger charge is 2.26. The van der Waals surface area contributed by atoms with Gasteiger partial charge in [-0.15, -0.1) is 0 Å². The lowest BCUT2D eigenvalue weighted by molar-refractivity contribution is -0.120. The second kappa shape index (κ2) is 7.92. The maximum Gasteiger partial charge on any atom is 0.244 e. The molecule has 1 saturated heterocycles. The van der Waals surface area contributed by atoms with Crippen molar-refractivity contribution in [3.8, 4) is 17.2 Å². The molecule has 1 aliphatic rings. The minimum absolute atomic E-state index is 0.00967. The van der Waals surface area contributed by atoms with Gasteiger partial charge in [-0.1, -0.05) is 11.8 Å². The van der Waals surface area contributed by atoms with Crippen LogP contribution in [0.15, 0.2) is 18.2 Å². The van der Waals surface area contributed by atoms with E-state index in [-0.39, 0.29) is 11.0 Å². The van der Waals surface area contributed by atoms with E-state index in [9.17, 15) is 9.59 Å². The van der Waals surface area contributed by atoms with Gasteiger partial charge in [0.2, 0.25) is 16.8 Å². The first-order chi connectivity index (χ1) is 11.1. The molecule has 0 saturated carbocycles. The van der Waals surface area contributed by atoms with Crippen molar-refractivity contribution in [1.82, 2.24) is 5.32 Å². The number of benzene rings is 1. The molecule has 124 valence electrons. The van der Waals surface area contributed by atoms with Gasteiger partial charge in [0, 0.05) is 17.4 Å². The summed E-state index contributed by atoms with van der Waals surface area (Å²) in [6.45, 7) is 0. The van der Waals surface area contributed by atoms with Gasteiger partial charge in [0.05, 0.1) is 27.4 Å². The Labute approximate surface area is 139 Å². The SMILES string of the molecule is COc1ccc(C=CC(=O)NC2CCSC2=O)c(OC)c1OC.